The smallest absolute Gasteiger partial charge is 0.343 e. The zero-order chi connectivity index (χ0) is 17.0. The van der Waals surface area contributed by atoms with Crippen molar-refractivity contribution in [3.63, 3.8) is 0 Å². The monoisotopic (exact) mass is 424 g/mol. The van der Waals surface area contributed by atoms with Crippen LogP contribution in [0.25, 0.3) is 0 Å². The normalized spacial score (nSPS) is 10.5. The number of hydrogen-bond donors (Lipinski definition) is 0. The van der Waals surface area contributed by atoms with E-state index >= 15 is 0 Å². The van der Waals surface area contributed by atoms with Crippen LogP contribution < -0.4 is 4.74 Å². The first kappa shape index (κ1) is 17.5. The molecule has 0 radical (unpaired) electrons. The van der Waals surface area contributed by atoms with Crippen LogP contribution in [0.1, 0.15) is 40.1 Å². The second-order valence-corrected chi connectivity index (χ2v) is 6.49. The number of hydrogen-bond acceptors (Lipinski definition) is 4. The lowest BCUT2D eigenvalue weighted by Crippen LogP contribution is -2.12. The van der Waals surface area contributed by atoms with Crippen LogP contribution in [0.15, 0.2) is 42.5 Å². The maximum atomic E-state index is 12.1. The molecule has 4 nitrogen and oxygen atoms in total. The molecule has 0 aromatic heterocycles. The Morgan fingerprint density at radius 2 is 1.57 bits per heavy atom. The Bertz CT molecular complexity index is 720. The molecule has 2 aromatic rings. The molecular weight excluding hydrogens is 407 g/mol. The number of rotatable bonds is 4. The first-order valence-corrected chi connectivity index (χ1v) is 8.24. The summed E-state index contributed by atoms with van der Waals surface area (Å²) in [5, 5.41) is 0. The van der Waals surface area contributed by atoms with Gasteiger partial charge in [0.1, 0.15) is 5.75 Å². The molecule has 0 fully saturated rings. The van der Waals surface area contributed by atoms with Crippen molar-refractivity contribution < 1.29 is 19.1 Å². The Balaban J connectivity index is 2.07. The molecular formula is C18H17IO4. The zero-order valence-electron chi connectivity index (χ0n) is 13.1. The van der Waals surface area contributed by atoms with Crippen LogP contribution >= 0.6 is 22.6 Å². The van der Waals surface area contributed by atoms with Gasteiger partial charge in [-0.1, -0.05) is 6.07 Å². The summed E-state index contributed by atoms with van der Waals surface area (Å²) in [5.74, 6) is -0.446. The lowest BCUT2D eigenvalue weighted by Gasteiger charge is -2.09. The summed E-state index contributed by atoms with van der Waals surface area (Å²) in [4.78, 5) is 23.9. The van der Waals surface area contributed by atoms with Gasteiger partial charge in [-0.2, -0.15) is 0 Å². The van der Waals surface area contributed by atoms with Crippen LogP contribution in [0.5, 0.6) is 5.75 Å². The highest BCUT2D eigenvalue weighted by molar-refractivity contribution is 14.1. The molecule has 2 aromatic carbocycles. The van der Waals surface area contributed by atoms with Crippen molar-refractivity contribution in [1.29, 1.82) is 0 Å². The van der Waals surface area contributed by atoms with Gasteiger partial charge in [0.05, 0.1) is 17.2 Å². The van der Waals surface area contributed by atoms with Gasteiger partial charge in [0, 0.05) is 3.57 Å². The van der Waals surface area contributed by atoms with Gasteiger partial charge >= 0.3 is 11.9 Å². The Labute approximate surface area is 148 Å². The van der Waals surface area contributed by atoms with Crippen molar-refractivity contribution in [1.82, 2.24) is 0 Å². The highest BCUT2D eigenvalue weighted by Crippen LogP contribution is 2.18. The van der Waals surface area contributed by atoms with Gasteiger partial charge in [0.15, 0.2) is 0 Å². The molecule has 0 heterocycles. The molecule has 120 valence electrons. The first-order chi connectivity index (χ1) is 10.9. The van der Waals surface area contributed by atoms with Crippen molar-refractivity contribution >= 4 is 34.5 Å². The SMILES string of the molecule is Cc1ccc(C(=O)Oc2ccc(C(=O)OC(C)C)cc2)cc1I. The third-order valence-electron chi connectivity index (χ3n) is 3.05. The zero-order valence-corrected chi connectivity index (χ0v) is 15.3. The molecule has 0 unspecified atom stereocenters. The molecule has 23 heavy (non-hydrogen) atoms. The number of ether oxygens (including phenoxy) is 2. The summed E-state index contributed by atoms with van der Waals surface area (Å²) in [7, 11) is 0. The predicted molar refractivity (Wildman–Crippen MR) is 95.8 cm³/mol. The summed E-state index contributed by atoms with van der Waals surface area (Å²) in [6.07, 6.45) is -0.177. The third-order valence-corrected chi connectivity index (χ3v) is 4.21. The fourth-order valence-corrected chi connectivity index (χ4v) is 2.34. The molecule has 0 saturated carbocycles. The number of aryl methyl sites for hydroxylation is 1. The van der Waals surface area contributed by atoms with Crippen LogP contribution in [0.3, 0.4) is 0 Å². The minimum Gasteiger partial charge on any atom is -0.459 e. The molecule has 0 bridgehead atoms. The van der Waals surface area contributed by atoms with Gasteiger partial charge in [-0.05, 0) is 85.3 Å². The second-order valence-electron chi connectivity index (χ2n) is 5.33. The molecule has 2 rings (SSSR count). The minimum absolute atomic E-state index is 0.177. The van der Waals surface area contributed by atoms with Gasteiger partial charge < -0.3 is 9.47 Å². The van der Waals surface area contributed by atoms with E-state index in [9.17, 15) is 9.59 Å². The van der Waals surface area contributed by atoms with Crippen molar-refractivity contribution in [2.75, 3.05) is 0 Å². The Kier molecular flexibility index (Phi) is 5.76. The molecule has 0 aliphatic carbocycles. The number of benzene rings is 2. The number of carbonyl (C=O) groups is 2. The Morgan fingerprint density at radius 3 is 2.13 bits per heavy atom. The molecule has 5 heteroatoms. The number of carbonyl (C=O) groups excluding carboxylic acids is 2. The second kappa shape index (κ2) is 7.59. The van der Waals surface area contributed by atoms with Gasteiger partial charge in [-0.25, -0.2) is 9.59 Å². The highest BCUT2D eigenvalue weighted by atomic mass is 127. The summed E-state index contributed by atoms with van der Waals surface area (Å²) in [6, 6.07) is 11.7. The van der Waals surface area contributed by atoms with Gasteiger partial charge in [-0.3, -0.25) is 0 Å². The molecule has 0 saturated heterocycles. The van der Waals surface area contributed by atoms with E-state index in [-0.39, 0.29) is 6.10 Å². The average Bonchev–Trinajstić information content (AvgIpc) is 2.50. The van der Waals surface area contributed by atoms with Crippen LogP contribution in [0.2, 0.25) is 0 Å². The maximum Gasteiger partial charge on any atom is 0.343 e. The van der Waals surface area contributed by atoms with Crippen LogP contribution in [0, 0.1) is 10.5 Å². The largest absolute Gasteiger partial charge is 0.459 e. The molecule has 0 aliphatic rings. The van der Waals surface area contributed by atoms with Crippen LogP contribution in [-0.4, -0.2) is 18.0 Å². The third kappa shape index (κ3) is 4.79. The van der Waals surface area contributed by atoms with Gasteiger partial charge in [-0.15, -0.1) is 0 Å². The van der Waals surface area contributed by atoms with Crippen molar-refractivity contribution in [3.8, 4) is 5.75 Å². The standard InChI is InChI=1S/C18H17IO4/c1-11(2)22-17(20)13-6-8-15(9-7-13)23-18(21)14-5-4-12(3)16(19)10-14/h4-11H,1-3H3. The Hall–Kier alpha value is -1.89. The molecule has 0 amide bonds. The average molecular weight is 424 g/mol. The fourth-order valence-electron chi connectivity index (χ4n) is 1.83. The van der Waals surface area contributed by atoms with Crippen LogP contribution in [-0.2, 0) is 4.74 Å². The van der Waals surface area contributed by atoms with E-state index in [0.717, 1.165) is 9.13 Å². The van der Waals surface area contributed by atoms with E-state index in [1.807, 2.05) is 13.0 Å². The van der Waals surface area contributed by atoms with Crippen LogP contribution in [0.4, 0.5) is 0 Å². The van der Waals surface area contributed by atoms with Gasteiger partial charge in [0.2, 0.25) is 0 Å². The number of halogens is 1. The number of esters is 2. The molecule has 0 N–H and O–H groups in total. The summed E-state index contributed by atoms with van der Waals surface area (Å²) in [5.41, 5.74) is 2.02. The topological polar surface area (TPSA) is 52.6 Å². The van der Waals surface area contributed by atoms with Crippen molar-refractivity contribution in [2.24, 2.45) is 0 Å². The maximum absolute atomic E-state index is 12.1. The molecule has 0 aliphatic heterocycles. The lowest BCUT2D eigenvalue weighted by molar-refractivity contribution is 0.0378. The van der Waals surface area contributed by atoms with E-state index in [0.29, 0.717) is 16.9 Å². The summed E-state index contributed by atoms with van der Waals surface area (Å²) >= 11 is 2.18. The summed E-state index contributed by atoms with van der Waals surface area (Å²) in [6.45, 7) is 5.56. The molecule has 0 spiro atoms. The summed E-state index contributed by atoms with van der Waals surface area (Å²) < 4.78 is 11.4. The Morgan fingerprint density at radius 1 is 0.957 bits per heavy atom. The van der Waals surface area contributed by atoms with E-state index in [1.165, 1.54) is 0 Å². The minimum atomic E-state index is -0.430. The fraction of sp³-hybridized carbons (Fsp3) is 0.222. The highest BCUT2D eigenvalue weighted by Gasteiger charge is 2.12. The lowest BCUT2D eigenvalue weighted by atomic mass is 10.1. The predicted octanol–water partition coefficient (Wildman–Crippen LogP) is 4.38. The first-order valence-electron chi connectivity index (χ1n) is 7.16. The van der Waals surface area contributed by atoms with E-state index in [2.05, 4.69) is 22.6 Å². The van der Waals surface area contributed by atoms with E-state index < -0.39 is 11.9 Å². The quantitative estimate of drug-likeness (QED) is 0.415. The van der Waals surface area contributed by atoms with E-state index in [4.69, 9.17) is 9.47 Å². The molecule has 0 atom stereocenters. The van der Waals surface area contributed by atoms with Gasteiger partial charge in [0.25, 0.3) is 0 Å². The van der Waals surface area contributed by atoms with Crippen molar-refractivity contribution in [2.45, 2.75) is 26.9 Å². The van der Waals surface area contributed by atoms with E-state index in [1.54, 1.807) is 50.2 Å². The van der Waals surface area contributed by atoms with Crippen molar-refractivity contribution in [3.05, 3.63) is 62.7 Å².